The summed E-state index contributed by atoms with van der Waals surface area (Å²) < 4.78 is 17.9. The number of aryl methyl sites for hydroxylation is 1. The molecule has 4 bridgehead atoms. The van der Waals surface area contributed by atoms with Crippen LogP contribution < -0.4 is 4.74 Å². The SMILES string of the molecule is Cc1ccc(OC2CCCC(COC(=O)C34CC5CC(CC(C5)C3)C4)O2)cc1. The Morgan fingerprint density at radius 2 is 1.68 bits per heavy atom. The van der Waals surface area contributed by atoms with E-state index in [1.165, 1.54) is 24.8 Å². The highest BCUT2D eigenvalue weighted by molar-refractivity contribution is 5.77. The van der Waals surface area contributed by atoms with Crippen molar-refractivity contribution in [3.05, 3.63) is 29.8 Å². The number of hydrogen-bond acceptors (Lipinski definition) is 4. The van der Waals surface area contributed by atoms with Gasteiger partial charge in [0.2, 0.25) is 0 Å². The average Bonchev–Trinajstić information content (AvgIpc) is 2.67. The lowest BCUT2D eigenvalue weighted by Gasteiger charge is -2.55. The van der Waals surface area contributed by atoms with Gasteiger partial charge in [-0.25, -0.2) is 0 Å². The predicted octanol–water partition coefficient (Wildman–Crippen LogP) is 5.03. The van der Waals surface area contributed by atoms with Crippen molar-refractivity contribution in [3.63, 3.8) is 0 Å². The molecule has 1 aromatic carbocycles. The molecule has 4 saturated carbocycles. The molecule has 0 spiro atoms. The number of rotatable bonds is 5. The van der Waals surface area contributed by atoms with Crippen LogP contribution in [0.1, 0.15) is 63.4 Å². The number of hydrogen-bond donors (Lipinski definition) is 0. The van der Waals surface area contributed by atoms with Gasteiger partial charge < -0.3 is 14.2 Å². The van der Waals surface area contributed by atoms with E-state index in [1.54, 1.807) is 0 Å². The molecule has 2 atom stereocenters. The van der Waals surface area contributed by atoms with Gasteiger partial charge in [-0.3, -0.25) is 4.79 Å². The number of ether oxygens (including phenoxy) is 3. The number of esters is 1. The third kappa shape index (κ3) is 3.68. The van der Waals surface area contributed by atoms with Gasteiger partial charge in [-0.05, 0) is 88.2 Å². The third-order valence-electron chi connectivity index (χ3n) is 7.47. The summed E-state index contributed by atoms with van der Waals surface area (Å²) in [5.74, 6) is 3.17. The van der Waals surface area contributed by atoms with Crippen molar-refractivity contribution in [2.75, 3.05) is 6.61 Å². The normalized spacial score (nSPS) is 39.0. The Bertz CT molecular complexity index is 675. The van der Waals surface area contributed by atoms with Gasteiger partial charge in [0, 0.05) is 6.42 Å². The molecule has 0 N–H and O–H groups in total. The quantitative estimate of drug-likeness (QED) is 0.668. The summed E-state index contributed by atoms with van der Waals surface area (Å²) in [7, 11) is 0. The summed E-state index contributed by atoms with van der Waals surface area (Å²) >= 11 is 0. The molecule has 0 radical (unpaired) electrons. The number of carbonyl (C=O) groups excluding carboxylic acids is 1. The molecule has 0 amide bonds. The first-order valence-electron chi connectivity index (χ1n) is 11.1. The summed E-state index contributed by atoms with van der Waals surface area (Å²) in [6.07, 6.45) is 9.75. The standard InChI is InChI=1S/C24H32O4/c1-16-5-7-20(8-6-16)27-22-4-2-3-21(28-22)15-26-23(25)24-12-17-9-18(13-24)11-19(10-17)14-24/h5-8,17-19,21-22H,2-4,9-15H2,1H3. The smallest absolute Gasteiger partial charge is 0.312 e. The Morgan fingerprint density at radius 3 is 2.32 bits per heavy atom. The molecular formula is C24H32O4. The molecule has 0 aromatic heterocycles. The summed E-state index contributed by atoms with van der Waals surface area (Å²) in [6.45, 7) is 2.43. The lowest BCUT2D eigenvalue weighted by molar-refractivity contribution is -0.189. The first kappa shape index (κ1) is 18.5. The first-order valence-corrected chi connectivity index (χ1v) is 11.1. The molecule has 1 heterocycles. The van der Waals surface area contributed by atoms with Crippen molar-refractivity contribution in [2.45, 2.75) is 77.1 Å². The molecule has 5 aliphatic rings. The summed E-state index contributed by atoms with van der Waals surface area (Å²) in [6, 6.07) is 8.05. The average molecular weight is 385 g/mol. The van der Waals surface area contributed by atoms with Gasteiger partial charge in [-0.1, -0.05) is 17.7 Å². The van der Waals surface area contributed by atoms with Crippen LogP contribution >= 0.6 is 0 Å². The fourth-order valence-corrected chi connectivity index (χ4v) is 6.52. The highest BCUT2D eigenvalue weighted by Gasteiger charge is 2.55. The molecule has 28 heavy (non-hydrogen) atoms. The summed E-state index contributed by atoms with van der Waals surface area (Å²) in [4.78, 5) is 13.0. The van der Waals surface area contributed by atoms with Crippen LogP contribution in [0.15, 0.2) is 24.3 Å². The maximum atomic E-state index is 13.0. The molecule has 1 aliphatic heterocycles. The van der Waals surface area contributed by atoms with Crippen molar-refractivity contribution >= 4 is 5.97 Å². The molecule has 2 unspecified atom stereocenters. The van der Waals surface area contributed by atoms with E-state index in [0.29, 0.717) is 6.61 Å². The fraction of sp³-hybridized carbons (Fsp3) is 0.708. The highest BCUT2D eigenvalue weighted by atomic mass is 16.7. The molecule has 6 rings (SSSR count). The zero-order chi connectivity index (χ0) is 19.1. The number of benzene rings is 1. The van der Waals surface area contributed by atoms with Crippen molar-refractivity contribution < 1.29 is 19.0 Å². The summed E-state index contributed by atoms with van der Waals surface area (Å²) in [5, 5.41) is 0. The molecule has 5 fully saturated rings. The van der Waals surface area contributed by atoms with Crippen LogP contribution in [0.5, 0.6) is 5.75 Å². The minimum Gasteiger partial charge on any atom is -0.465 e. The van der Waals surface area contributed by atoms with Crippen LogP contribution in [0.3, 0.4) is 0 Å². The van der Waals surface area contributed by atoms with Crippen molar-refractivity contribution in [1.82, 2.24) is 0 Å². The molecule has 4 aliphatic carbocycles. The van der Waals surface area contributed by atoms with E-state index < -0.39 is 0 Å². The topological polar surface area (TPSA) is 44.8 Å². The van der Waals surface area contributed by atoms with E-state index in [2.05, 4.69) is 6.92 Å². The highest BCUT2D eigenvalue weighted by Crippen LogP contribution is 2.60. The molecule has 4 nitrogen and oxygen atoms in total. The van der Waals surface area contributed by atoms with Crippen LogP contribution in [-0.2, 0) is 14.3 Å². The monoisotopic (exact) mass is 384 g/mol. The van der Waals surface area contributed by atoms with Gasteiger partial charge in [-0.15, -0.1) is 0 Å². The molecule has 1 aromatic rings. The maximum Gasteiger partial charge on any atom is 0.312 e. The molecule has 1 saturated heterocycles. The Kier molecular flexibility index (Phi) is 4.86. The van der Waals surface area contributed by atoms with E-state index in [4.69, 9.17) is 14.2 Å². The van der Waals surface area contributed by atoms with E-state index in [1.807, 2.05) is 24.3 Å². The van der Waals surface area contributed by atoms with Crippen LogP contribution in [0.25, 0.3) is 0 Å². The van der Waals surface area contributed by atoms with Gasteiger partial charge >= 0.3 is 5.97 Å². The Morgan fingerprint density at radius 1 is 1.04 bits per heavy atom. The van der Waals surface area contributed by atoms with E-state index in [9.17, 15) is 4.79 Å². The zero-order valence-electron chi connectivity index (χ0n) is 16.9. The molecule has 152 valence electrons. The van der Waals surface area contributed by atoms with Crippen molar-refractivity contribution in [2.24, 2.45) is 23.2 Å². The zero-order valence-corrected chi connectivity index (χ0v) is 16.9. The Hall–Kier alpha value is -1.55. The first-order chi connectivity index (χ1) is 13.6. The van der Waals surface area contributed by atoms with Crippen molar-refractivity contribution in [3.8, 4) is 5.75 Å². The van der Waals surface area contributed by atoms with Crippen molar-refractivity contribution in [1.29, 1.82) is 0 Å². The Balaban J connectivity index is 1.14. The Labute approximate surface area is 167 Å². The van der Waals surface area contributed by atoms with Crippen LogP contribution in [0, 0.1) is 30.1 Å². The van der Waals surface area contributed by atoms with E-state index >= 15 is 0 Å². The van der Waals surface area contributed by atoms with Crippen LogP contribution in [0.2, 0.25) is 0 Å². The molecular weight excluding hydrogens is 352 g/mol. The van der Waals surface area contributed by atoms with Gasteiger partial charge in [0.25, 0.3) is 0 Å². The lowest BCUT2D eigenvalue weighted by atomic mass is 9.49. The number of carbonyl (C=O) groups is 1. The second-order valence-corrected chi connectivity index (χ2v) is 9.85. The van der Waals surface area contributed by atoms with E-state index in [-0.39, 0.29) is 23.8 Å². The third-order valence-corrected chi connectivity index (χ3v) is 7.47. The minimum absolute atomic E-state index is 0.0526. The largest absolute Gasteiger partial charge is 0.465 e. The second kappa shape index (κ2) is 7.37. The molecule has 4 heteroatoms. The van der Waals surface area contributed by atoms with Gasteiger partial charge in [0.05, 0.1) is 11.5 Å². The van der Waals surface area contributed by atoms with Crippen LogP contribution in [0.4, 0.5) is 0 Å². The minimum atomic E-state index is -0.250. The van der Waals surface area contributed by atoms with Gasteiger partial charge in [0.1, 0.15) is 12.4 Å². The van der Waals surface area contributed by atoms with E-state index in [0.717, 1.165) is 62.0 Å². The lowest BCUT2D eigenvalue weighted by Crippen LogP contribution is -2.51. The summed E-state index contributed by atoms with van der Waals surface area (Å²) in [5.41, 5.74) is 1.03. The van der Waals surface area contributed by atoms with Gasteiger partial charge in [-0.2, -0.15) is 0 Å². The van der Waals surface area contributed by atoms with Gasteiger partial charge in [0.15, 0.2) is 6.29 Å². The fourth-order valence-electron chi connectivity index (χ4n) is 6.52. The second-order valence-electron chi connectivity index (χ2n) is 9.85. The predicted molar refractivity (Wildman–Crippen MR) is 106 cm³/mol. The maximum absolute atomic E-state index is 13.0. The van der Waals surface area contributed by atoms with Crippen LogP contribution in [-0.4, -0.2) is 25.0 Å².